The number of nitrogens with zero attached hydrogens (tertiary/aromatic N) is 4. The van der Waals surface area contributed by atoms with Crippen LogP contribution in [0.25, 0.3) is 11.0 Å². The Labute approximate surface area is 155 Å². The van der Waals surface area contributed by atoms with Gasteiger partial charge in [0.1, 0.15) is 5.82 Å². The second kappa shape index (κ2) is 7.36. The Bertz CT molecular complexity index is 1070. The first-order chi connectivity index (χ1) is 12.9. The number of benzene rings is 2. The van der Waals surface area contributed by atoms with Crippen molar-refractivity contribution in [1.29, 1.82) is 0 Å². The molecule has 3 aromatic rings. The smallest absolute Gasteiger partial charge is 0.271 e. The minimum Gasteiger partial charge on any atom is -0.329 e. The minimum absolute atomic E-state index is 0.0271. The van der Waals surface area contributed by atoms with Crippen LogP contribution in [0, 0.1) is 17.0 Å². The second-order valence-electron chi connectivity index (χ2n) is 6.05. The molecule has 1 N–H and O–H groups in total. The van der Waals surface area contributed by atoms with Crippen molar-refractivity contribution in [3.05, 3.63) is 69.5 Å². The van der Waals surface area contributed by atoms with Crippen LogP contribution in [0.1, 0.15) is 35.6 Å². The summed E-state index contributed by atoms with van der Waals surface area (Å²) in [5.41, 5.74) is 5.67. The fourth-order valence-corrected chi connectivity index (χ4v) is 2.90. The molecule has 0 bridgehead atoms. The van der Waals surface area contributed by atoms with Gasteiger partial charge in [-0.25, -0.2) is 10.4 Å². The van der Waals surface area contributed by atoms with Crippen LogP contribution >= 0.6 is 0 Å². The highest BCUT2D eigenvalue weighted by atomic mass is 16.6. The SMILES string of the molecule is CCn1c(C)nc2cc(C(=O)NN=C(C)c3cccc([N+](=O)[O-])c3)ccc21. The molecule has 0 fully saturated rings. The predicted molar refractivity (Wildman–Crippen MR) is 103 cm³/mol. The number of hydrogen-bond acceptors (Lipinski definition) is 5. The number of fused-ring (bicyclic) bond motifs is 1. The van der Waals surface area contributed by atoms with Gasteiger partial charge in [-0.3, -0.25) is 14.9 Å². The molecule has 0 aliphatic rings. The molecule has 138 valence electrons. The average Bonchev–Trinajstić information content (AvgIpc) is 2.99. The number of aromatic nitrogens is 2. The number of amides is 1. The van der Waals surface area contributed by atoms with E-state index in [1.54, 1.807) is 31.2 Å². The van der Waals surface area contributed by atoms with Gasteiger partial charge in [0.05, 0.1) is 21.7 Å². The molecule has 0 aliphatic heterocycles. The molecule has 3 rings (SSSR count). The fraction of sp³-hybridized carbons (Fsp3) is 0.211. The summed E-state index contributed by atoms with van der Waals surface area (Å²) in [6.45, 7) is 6.45. The maximum absolute atomic E-state index is 12.4. The van der Waals surface area contributed by atoms with Crippen molar-refractivity contribution in [3.8, 4) is 0 Å². The van der Waals surface area contributed by atoms with E-state index in [0.29, 0.717) is 16.8 Å². The third-order valence-electron chi connectivity index (χ3n) is 4.32. The van der Waals surface area contributed by atoms with E-state index in [-0.39, 0.29) is 11.6 Å². The first-order valence-electron chi connectivity index (χ1n) is 8.47. The zero-order chi connectivity index (χ0) is 19.6. The van der Waals surface area contributed by atoms with Gasteiger partial charge in [-0.15, -0.1) is 0 Å². The van der Waals surface area contributed by atoms with Crippen molar-refractivity contribution in [3.63, 3.8) is 0 Å². The molecule has 0 saturated carbocycles. The first kappa shape index (κ1) is 18.2. The van der Waals surface area contributed by atoms with Gasteiger partial charge in [-0.1, -0.05) is 12.1 Å². The first-order valence-corrected chi connectivity index (χ1v) is 8.47. The van der Waals surface area contributed by atoms with E-state index in [2.05, 4.69) is 20.1 Å². The molecular formula is C19H19N5O3. The van der Waals surface area contributed by atoms with Crippen LogP contribution in [0.4, 0.5) is 5.69 Å². The number of nitro benzene ring substituents is 1. The van der Waals surface area contributed by atoms with Gasteiger partial charge in [0, 0.05) is 29.8 Å². The van der Waals surface area contributed by atoms with Gasteiger partial charge in [0.25, 0.3) is 11.6 Å². The summed E-state index contributed by atoms with van der Waals surface area (Å²) in [4.78, 5) is 27.3. The van der Waals surface area contributed by atoms with Gasteiger partial charge in [-0.05, 0) is 39.0 Å². The van der Waals surface area contributed by atoms with Crippen molar-refractivity contribution < 1.29 is 9.72 Å². The molecule has 0 aliphatic carbocycles. The molecule has 0 radical (unpaired) electrons. The molecule has 1 amide bonds. The number of non-ortho nitro benzene ring substituents is 1. The average molecular weight is 365 g/mol. The number of carbonyl (C=O) groups excluding carboxylic acids is 1. The van der Waals surface area contributed by atoms with Gasteiger partial charge in [-0.2, -0.15) is 5.10 Å². The van der Waals surface area contributed by atoms with Gasteiger partial charge in [0.15, 0.2) is 0 Å². The van der Waals surface area contributed by atoms with Crippen LogP contribution in [0.5, 0.6) is 0 Å². The Kier molecular flexibility index (Phi) is 4.98. The lowest BCUT2D eigenvalue weighted by atomic mass is 10.1. The number of rotatable bonds is 5. The summed E-state index contributed by atoms with van der Waals surface area (Å²) < 4.78 is 2.07. The molecule has 8 heteroatoms. The zero-order valence-corrected chi connectivity index (χ0v) is 15.3. The molecule has 2 aromatic carbocycles. The maximum Gasteiger partial charge on any atom is 0.271 e. The van der Waals surface area contributed by atoms with E-state index in [4.69, 9.17) is 0 Å². The normalized spacial score (nSPS) is 11.6. The van der Waals surface area contributed by atoms with Crippen LogP contribution in [0.3, 0.4) is 0 Å². The maximum atomic E-state index is 12.4. The number of carbonyl (C=O) groups is 1. The molecule has 0 atom stereocenters. The summed E-state index contributed by atoms with van der Waals surface area (Å²) in [6, 6.07) is 11.4. The van der Waals surface area contributed by atoms with E-state index < -0.39 is 4.92 Å². The molecule has 0 unspecified atom stereocenters. The quantitative estimate of drug-likeness (QED) is 0.425. The molecule has 27 heavy (non-hydrogen) atoms. The topological polar surface area (TPSA) is 102 Å². The summed E-state index contributed by atoms with van der Waals surface area (Å²) in [5.74, 6) is 0.523. The Hall–Kier alpha value is -3.55. The van der Waals surface area contributed by atoms with Crippen molar-refractivity contribution >= 4 is 28.3 Å². The van der Waals surface area contributed by atoms with Crippen LogP contribution < -0.4 is 5.43 Å². The summed E-state index contributed by atoms with van der Waals surface area (Å²) in [6.07, 6.45) is 0. The van der Waals surface area contributed by atoms with Crippen LogP contribution in [0.15, 0.2) is 47.6 Å². The number of aryl methyl sites for hydroxylation is 2. The summed E-state index contributed by atoms with van der Waals surface area (Å²) >= 11 is 0. The van der Waals surface area contributed by atoms with Gasteiger partial charge >= 0.3 is 0 Å². The monoisotopic (exact) mass is 365 g/mol. The largest absolute Gasteiger partial charge is 0.329 e. The van der Waals surface area contributed by atoms with E-state index in [0.717, 1.165) is 23.4 Å². The Balaban J connectivity index is 1.80. The van der Waals surface area contributed by atoms with Gasteiger partial charge in [0.2, 0.25) is 0 Å². The number of nitro groups is 1. The minimum atomic E-state index is -0.470. The van der Waals surface area contributed by atoms with Crippen LogP contribution in [0.2, 0.25) is 0 Å². The van der Waals surface area contributed by atoms with E-state index in [1.807, 2.05) is 19.9 Å². The molecule has 8 nitrogen and oxygen atoms in total. The standard InChI is InChI=1S/C19H19N5O3/c1-4-23-13(3)20-17-11-15(8-9-18(17)23)19(25)22-21-12(2)14-6-5-7-16(10-14)24(26)27/h5-11H,4H2,1-3H3,(H,22,25). The van der Waals surface area contributed by atoms with Crippen LogP contribution in [-0.2, 0) is 6.54 Å². The molecule has 1 heterocycles. The zero-order valence-electron chi connectivity index (χ0n) is 15.3. The lowest BCUT2D eigenvalue weighted by molar-refractivity contribution is -0.384. The molecule has 0 saturated heterocycles. The second-order valence-corrected chi connectivity index (χ2v) is 6.05. The van der Waals surface area contributed by atoms with Crippen LogP contribution in [-0.4, -0.2) is 26.1 Å². The highest BCUT2D eigenvalue weighted by Gasteiger charge is 2.11. The third-order valence-corrected chi connectivity index (χ3v) is 4.32. The fourth-order valence-electron chi connectivity index (χ4n) is 2.90. The number of nitrogens with one attached hydrogen (secondary N) is 1. The highest BCUT2D eigenvalue weighted by Crippen LogP contribution is 2.18. The van der Waals surface area contributed by atoms with E-state index in [1.165, 1.54) is 12.1 Å². The Morgan fingerprint density at radius 1 is 1.26 bits per heavy atom. The highest BCUT2D eigenvalue weighted by molar-refractivity contribution is 6.02. The number of imidazole rings is 1. The summed E-state index contributed by atoms with van der Waals surface area (Å²) in [7, 11) is 0. The number of hydrogen-bond donors (Lipinski definition) is 1. The summed E-state index contributed by atoms with van der Waals surface area (Å²) in [5, 5.41) is 14.9. The molecule has 0 spiro atoms. The Morgan fingerprint density at radius 2 is 2.04 bits per heavy atom. The predicted octanol–water partition coefficient (Wildman–Crippen LogP) is 3.43. The molecule has 1 aromatic heterocycles. The lowest BCUT2D eigenvalue weighted by Crippen LogP contribution is -2.19. The Morgan fingerprint density at radius 3 is 2.74 bits per heavy atom. The van der Waals surface area contributed by atoms with E-state index in [9.17, 15) is 14.9 Å². The lowest BCUT2D eigenvalue weighted by Gasteiger charge is -2.04. The van der Waals surface area contributed by atoms with Crippen molar-refractivity contribution in [2.75, 3.05) is 0 Å². The number of hydrazone groups is 1. The van der Waals surface area contributed by atoms with Gasteiger partial charge < -0.3 is 4.57 Å². The third kappa shape index (κ3) is 3.69. The van der Waals surface area contributed by atoms with E-state index >= 15 is 0 Å². The van der Waals surface area contributed by atoms with Crippen molar-refractivity contribution in [2.24, 2.45) is 5.10 Å². The van der Waals surface area contributed by atoms with Crippen molar-refractivity contribution in [2.45, 2.75) is 27.3 Å². The molecular weight excluding hydrogens is 346 g/mol. The van der Waals surface area contributed by atoms with Crippen molar-refractivity contribution in [1.82, 2.24) is 15.0 Å².